The third kappa shape index (κ3) is 4.82. The number of carbonyl (C=O) groups excluding carboxylic acids is 1. The molecule has 1 amide bonds. The van der Waals surface area contributed by atoms with Gasteiger partial charge in [0.05, 0.1) is 13.2 Å². The van der Waals surface area contributed by atoms with Crippen LogP contribution in [0.4, 0.5) is 0 Å². The summed E-state index contributed by atoms with van der Waals surface area (Å²) in [4.78, 5) is 13.1. The van der Waals surface area contributed by atoms with Gasteiger partial charge in [0, 0.05) is 17.5 Å². The molecule has 6 nitrogen and oxygen atoms in total. The van der Waals surface area contributed by atoms with Crippen LogP contribution >= 0.6 is 11.3 Å². The van der Waals surface area contributed by atoms with E-state index >= 15 is 0 Å². The highest BCUT2D eigenvalue weighted by molar-refractivity contribution is 7.10. The topological polar surface area (TPSA) is 77.0 Å². The van der Waals surface area contributed by atoms with Gasteiger partial charge in [-0.25, -0.2) is 0 Å². The van der Waals surface area contributed by atoms with Crippen LogP contribution in [0.3, 0.4) is 0 Å². The van der Waals surface area contributed by atoms with Crippen LogP contribution in [0.2, 0.25) is 0 Å². The van der Waals surface area contributed by atoms with Gasteiger partial charge in [-0.1, -0.05) is 12.1 Å². The van der Waals surface area contributed by atoms with Crippen molar-refractivity contribution in [2.75, 3.05) is 26.6 Å². The Labute approximate surface area is 149 Å². The number of hydrogen-bond donors (Lipinski definition) is 2. The molecule has 1 aromatic heterocycles. The molecule has 0 saturated carbocycles. The standard InChI is InChI=1S/C18H19NO5S/c20-7-8-22-16(17-2-1-9-25-17)11-19-18(21)6-4-13-3-5-14-15(10-13)24-12-23-14/h1-6,9-10,16,20H,7-8,11-12H2,(H,19,21)/b6-4+. The predicted octanol–water partition coefficient (Wildman–Crippen LogP) is 2.36. The van der Waals surface area contributed by atoms with E-state index in [1.54, 1.807) is 17.4 Å². The average molecular weight is 361 g/mol. The Balaban J connectivity index is 1.54. The van der Waals surface area contributed by atoms with E-state index in [1.165, 1.54) is 6.08 Å². The maximum Gasteiger partial charge on any atom is 0.244 e. The lowest BCUT2D eigenvalue weighted by atomic mass is 10.2. The van der Waals surface area contributed by atoms with E-state index in [4.69, 9.17) is 19.3 Å². The molecule has 0 aliphatic carbocycles. The maximum atomic E-state index is 12.0. The van der Waals surface area contributed by atoms with Crippen molar-refractivity contribution in [2.24, 2.45) is 0 Å². The van der Waals surface area contributed by atoms with E-state index in [1.807, 2.05) is 35.7 Å². The highest BCUT2D eigenvalue weighted by atomic mass is 32.1. The fourth-order valence-corrected chi connectivity index (χ4v) is 3.13. The van der Waals surface area contributed by atoms with Crippen molar-refractivity contribution < 1.29 is 24.1 Å². The molecule has 25 heavy (non-hydrogen) atoms. The van der Waals surface area contributed by atoms with Crippen LogP contribution in [0.1, 0.15) is 16.5 Å². The van der Waals surface area contributed by atoms with Crippen molar-refractivity contribution >= 4 is 23.3 Å². The van der Waals surface area contributed by atoms with Gasteiger partial charge in [0.2, 0.25) is 12.7 Å². The molecule has 2 N–H and O–H groups in total. The SMILES string of the molecule is O=C(/C=C/c1ccc2c(c1)OCO2)NCC(OCCO)c1cccs1. The molecule has 1 atom stereocenters. The molecule has 0 fully saturated rings. The van der Waals surface area contributed by atoms with Crippen molar-refractivity contribution in [1.82, 2.24) is 5.32 Å². The molecule has 3 rings (SSSR count). The molecular weight excluding hydrogens is 342 g/mol. The molecule has 132 valence electrons. The van der Waals surface area contributed by atoms with Crippen molar-refractivity contribution in [3.63, 3.8) is 0 Å². The Hall–Kier alpha value is -2.35. The summed E-state index contributed by atoms with van der Waals surface area (Å²) in [5, 5.41) is 13.7. The van der Waals surface area contributed by atoms with Gasteiger partial charge in [0.15, 0.2) is 11.5 Å². The first-order chi connectivity index (χ1) is 12.3. The molecule has 0 saturated heterocycles. The van der Waals surface area contributed by atoms with Crippen molar-refractivity contribution in [3.05, 3.63) is 52.2 Å². The highest BCUT2D eigenvalue weighted by Crippen LogP contribution is 2.32. The molecule has 1 aliphatic heterocycles. The Bertz CT molecular complexity index is 729. The molecule has 1 aliphatic rings. The Morgan fingerprint density at radius 2 is 2.24 bits per heavy atom. The van der Waals surface area contributed by atoms with Crippen molar-refractivity contribution in [2.45, 2.75) is 6.10 Å². The largest absolute Gasteiger partial charge is 0.454 e. The number of rotatable bonds is 8. The summed E-state index contributed by atoms with van der Waals surface area (Å²) >= 11 is 1.55. The number of ether oxygens (including phenoxy) is 3. The molecule has 2 aromatic rings. The second kappa shape index (κ2) is 8.66. The fourth-order valence-electron chi connectivity index (χ4n) is 2.35. The van der Waals surface area contributed by atoms with Gasteiger partial charge < -0.3 is 24.6 Å². The van der Waals surface area contributed by atoms with E-state index in [2.05, 4.69) is 5.32 Å². The number of hydrogen-bond acceptors (Lipinski definition) is 6. The first kappa shape index (κ1) is 17.5. The van der Waals surface area contributed by atoms with Crippen molar-refractivity contribution in [3.8, 4) is 11.5 Å². The fraction of sp³-hybridized carbons (Fsp3) is 0.278. The molecule has 1 unspecified atom stereocenters. The van der Waals surface area contributed by atoms with Gasteiger partial charge in [-0.15, -0.1) is 11.3 Å². The quantitative estimate of drug-likeness (QED) is 0.706. The lowest BCUT2D eigenvalue weighted by Crippen LogP contribution is -2.28. The van der Waals surface area contributed by atoms with Crippen LogP contribution in [-0.2, 0) is 9.53 Å². The lowest BCUT2D eigenvalue weighted by molar-refractivity contribution is -0.117. The zero-order valence-corrected chi connectivity index (χ0v) is 14.3. The van der Waals surface area contributed by atoms with E-state index in [0.717, 1.165) is 10.4 Å². The molecule has 0 spiro atoms. The summed E-state index contributed by atoms with van der Waals surface area (Å²) in [6, 6.07) is 9.37. The molecular formula is C18H19NO5S. The monoisotopic (exact) mass is 361 g/mol. The minimum Gasteiger partial charge on any atom is -0.454 e. The minimum absolute atomic E-state index is 0.0557. The smallest absolute Gasteiger partial charge is 0.244 e. The lowest BCUT2D eigenvalue weighted by Gasteiger charge is -2.16. The zero-order chi connectivity index (χ0) is 17.5. The van der Waals surface area contributed by atoms with Crippen LogP contribution in [-0.4, -0.2) is 37.6 Å². The average Bonchev–Trinajstić information content (AvgIpc) is 3.31. The number of benzene rings is 1. The number of fused-ring (bicyclic) bond motifs is 1. The molecule has 1 aromatic carbocycles. The molecule has 0 radical (unpaired) electrons. The van der Waals surface area contributed by atoms with Gasteiger partial charge in [0.25, 0.3) is 0 Å². The van der Waals surface area contributed by atoms with E-state index in [9.17, 15) is 4.79 Å². The summed E-state index contributed by atoms with van der Waals surface area (Å²) in [5.41, 5.74) is 0.853. The third-order valence-electron chi connectivity index (χ3n) is 3.56. The number of amides is 1. The summed E-state index contributed by atoms with van der Waals surface area (Å²) < 4.78 is 16.2. The number of aliphatic hydroxyl groups is 1. The third-order valence-corrected chi connectivity index (χ3v) is 4.52. The second-order valence-electron chi connectivity index (χ2n) is 5.29. The molecule has 0 bridgehead atoms. The van der Waals surface area contributed by atoms with Crippen LogP contribution < -0.4 is 14.8 Å². The molecule has 7 heteroatoms. The van der Waals surface area contributed by atoms with Crippen LogP contribution in [0.5, 0.6) is 11.5 Å². The van der Waals surface area contributed by atoms with Crippen LogP contribution in [0.15, 0.2) is 41.8 Å². The number of thiophene rings is 1. The van der Waals surface area contributed by atoms with Gasteiger partial charge in [-0.2, -0.15) is 0 Å². The first-order valence-electron chi connectivity index (χ1n) is 7.87. The van der Waals surface area contributed by atoms with Crippen LogP contribution in [0.25, 0.3) is 6.08 Å². The summed E-state index contributed by atoms with van der Waals surface area (Å²) in [6.45, 7) is 0.733. The second-order valence-corrected chi connectivity index (χ2v) is 6.27. The van der Waals surface area contributed by atoms with E-state index in [0.29, 0.717) is 18.0 Å². The maximum absolute atomic E-state index is 12.0. The number of aliphatic hydroxyl groups excluding tert-OH is 1. The van der Waals surface area contributed by atoms with E-state index < -0.39 is 0 Å². The normalized spacial score (nSPS) is 14.0. The number of nitrogens with one attached hydrogen (secondary N) is 1. The van der Waals surface area contributed by atoms with Gasteiger partial charge in [-0.05, 0) is 35.2 Å². The van der Waals surface area contributed by atoms with E-state index in [-0.39, 0.29) is 32.0 Å². The zero-order valence-electron chi connectivity index (χ0n) is 13.5. The first-order valence-corrected chi connectivity index (χ1v) is 8.75. The Morgan fingerprint density at radius 1 is 1.36 bits per heavy atom. The van der Waals surface area contributed by atoms with Gasteiger partial charge in [-0.3, -0.25) is 4.79 Å². The Kier molecular flexibility index (Phi) is 6.05. The Morgan fingerprint density at radius 3 is 3.04 bits per heavy atom. The number of carbonyl (C=O) groups is 1. The van der Waals surface area contributed by atoms with Gasteiger partial charge >= 0.3 is 0 Å². The summed E-state index contributed by atoms with van der Waals surface area (Å²) in [6.07, 6.45) is 2.91. The van der Waals surface area contributed by atoms with Crippen molar-refractivity contribution in [1.29, 1.82) is 0 Å². The highest BCUT2D eigenvalue weighted by Gasteiger charge is 2.14. The summed E-state index contributed by atoms with van der Waals surface area (Å²) in [5.74, 6) is 1.17. The predicted molar refractivity (Wildman–Crippen MR) is 94.7 cm³/mol. The summed E-state index contributed by atoms with van der Waals surface area (Å²) in [7, 11) is 0. The molecule has 2 heterocycles. The van der Waals surface area contributed by atoms with Crippen LogP contribution in [0, 0.1) is 0 Å². The van der Waals surface area contributed by atoms with Gasteiger partial charge in [0.1, 0.15) is 6.10 Å². The minimum atomic E-state index is -0.268.